The SMILES string of the molecule is COc1cccc(OC)c1C1(C)CCCCCN1. The second-order valence-electron chi connectivity index (χ2n) is 5.11. The molecule has 1 fully saturated rings. The van der Waals surface area contributed by atoms with E-state index >= 15 is 0 Å². The first-order valence-corrected chi connectivity index (χ1v) is 6.68. The van der Waals surface area contributed by atoms with Gasteiger partial charge >= 0.3 is 0 Å². The van der Waals surface area contributed by atoms with Crippen molar-refractivity contribution in [2.45, 2.75) is 38.1 Å². The molecule has 1 saturated heterocycles. The molecule has 100 valence electrons. The lowest BCUT2D eigenvalue weighted by Crippen LogP contribution is -2.39. The van der Waals surface area contributed by atoms with Crippen molar-refractivity contribution >= 4 is 0 Å². The Hall–Kier alpha value is -1.22. The highest BCUT2D eigenvalue weighted by atomic mass is 16.5. The lowest BCUT2D eigenvalue weighted by molar-refractivity contribution is 0.310. The monoisotopic (exact) mass is 249 g/mol. The van der Waals surface area contributed by atoms with E-state index in [9.17, 15) is 0 Å². The Kier molecular flexibility index (Phi) is 4.12. The second-order valence-corrected chi connectivity index (χ2v) is 5.11. The maximum absolute atomic E-state index is 5.53. The van der Waals surface area contributed by atoms with Crippen LogP contribution in [0.25, 0.3) is 0 Å². The minimum atomic E-state index is -0.0611. The molecule has 0 amide bonds. The molecule has 0 spiro atoms. The van der Waals surface area contributed by atoms with Crippen LogP contribution in [0.15, 0.2) is 18.2 Å². The zero-order valence-electron chi connectivity index (χ0n) is 11.6. The molecule has 0 bridgehead atoms. The zero-order chi connectivity index (χ0) is 13.0. The molecular formula is C15H23NO2. The predicted molar refractivity (Wildman–Crippen MR) is 73.4 cm³/mol. The number of hydrogen-bond donors (Lipinski definition) is 1. The van der Waals surface area contributed by atoms with Gasteiger partial charge in [0.05, 0.1) is 19.8 Å². The quantitative estimate of drug-likeness (QED) is 0.893. The molecule has 1 aromatic carbocycles. The Balaban J connectivity index is 2.46. The molecule has 1 heterocycles. The molecule has 18 heavy (non-hydrogen) atoms. The third-order valence-corrected chi connectivity index (χ3v) is 3.85. The molecular weight excluding hydrogens is 226 g/mol. The molecule has 0 aliphatic carbocycles. The average molecular weight is 249 g/mol. The van der Waals surface area contributed by atoms with Gasteiger partial charge in [-0.1, -0.05) is 18.9 Å². The van der Waals surface area contributed by atoms with E-state index in [0.29, 0.717) is 0 Å². The van der Waals surface area contributed by atoms with Crippen molar-refractivity contribution in [3.05, 3.63) is 23.8 Å². The molecule has 2 rings (SSSR count). The highest BCUT2D eigenvalue weighted by Gasteiger charge is 2.33. The van der Waals surface area contributed by atoms with Gasteiger partial charge in [-0.2, -0.15) is 0 Å². The van der Waals surface area contributed by atoms with Crippen LogP contribution in [0.2, 0.25) is 0 Å². The number of hydrogen-bond acceptors (Lipinski definition) is 3. The Morgan fingerprint density at radius 3 is 2.33 bits per heavy atom. The van der Waals surface area contributed by atoms with E-state index < -0.39 is 0 Å². The molecule has 0 saturated carbocycles. The summed E-state index contributed by atoms with van der Waals surface area (Å²) in [7, 11) is 3.44. The maximum Gasteiger partial charge on any atom is 0.127 e. The minimum Gasteiger partial charge on any atom is -0.496 e. The summed E-state index contributed by atoms with van der Waals surface area (Å²) >= 11 is 0. The van der Waals surface area contributed by atoms with Gasteiger partial charge < -0.3 is 14.8 Å². The van der Waals surface area contributed by atoms with Crippen LogP contribution in [0.1, 0.15) is 38.2 Å². The van der Waals surface area contributed by atoms with E-state index in [-0.39, 0.29) is 5.54 Å². The molecule has 3 nitrogen and oxygen atoms in total. The maximum atomic E-state index is 5.53. The molecule has 0 aromatic heterocycles. The van der Waals surface area contributed by atoms with Gasteiger partial charge in [-0.3, -0.25) is 0 Å². The standard InChI is InChI=1S/C15H23NO2/c1-15(10-5-4-6-11-16-15)14-12(17-2)8-7-9-13(14)18-3/h7-9,16H,4-6,10-11H2,1-3H3. The zero-order valence-corrected chi connectivity index (χ0v) is 11.6. The lowest BCUT2D eigenvalue weighted by atomic mass is 9.86. The molecule has 1 aliphatic rings. The van der Waals surface area contributed by atoms with Gasteiger partial charge in [0.25, 0.3) is 0 Å². The Bertz CT molecular complexity index is 373. The summed E-state index contributed by atoms with van der Waals surface area (Å²) in [5.74, 6) is 1.82. The van der Waals surface area contributed by atoms with E-state index in [1.807, 2.05) is 18.2 Å². The number of rotatable bonds is 3. The van der Waals surface area contributed by atoms with E-state index in [1.165, 1.54) is 19.3 Å². The van der Waals surface area contributed by atoms with Crippen LogP contribution in [0.5, 0.6) is 11.5 Å². The summed E-state index contributed by atoms with van der Waals surface area (Å²) in [6.07, 6.45) is 4.89. The summed E-state index contributed by atoms with van der Waals surface area (Å²) in [6.45, 7) is 3.30. The van der Waals surface area contributed by atoms with Crippen LogP contribution in [0.4, 0.5) is 0 Å². The first-order chi connectivity index (χ1) is 8.71. The van der Waals surface area contributed by atoms with Gasteiger partial charge in [0, 0.05) is 5.54 Å². The molecule has 1 unspecified atom stereocenters. The largest absolute Gasteiger partial charge is 0.496 e. The molecule has 1 N–H and O–H groups in total. The normalized spacial score (nSPS) is 24.4. The molecule has 1 aliphatic heterocycles. The third-order valence-electron chi connectivity index (χ3n) is 3.85. The molecule has 0 radical (unpaired) electrons. The van der Waals surface area contributed by atoms with E-state index in [0.717, 1.165) is 30.0 Å². The highest BCUT2D eigenvalue weighted by molar-refractivity contribution is 5.49. The summed E-state index contributed by atoms with van der Waals surface area (Å²) in [6, 6.07) is 5.99. The minimum absolute atomic E-state index is 0.0611. The first kappa shape index (κ1) is 13.2. The van der Waals surface area contributed by atoms with Gasteiger partial charge in [-0.25, -0.2) is 0 Å². The van der Waals surface area contributed by atoms with Crippen LogP contribution in [0.3, 0.4) is 0 Å². The molecule has 1 atom stereocenters. The van der Waals surface area contributed by atoms with Crippen molar-refractivity contribution < 1.29 is 9.47 Å². The third kappa shape index (κ3) is 2.46. The van der Waals surface area contributed by atoms with E-state index in [4.69, 9.17) is 9.47 Å². The van der Waals surface area contributed by atoms with Gasteiger partial charge in [-0.15, -0.1) is 0 Å². The van der Waals surface area contributed by atoms with E-state index in [2.05, 4.69) is 12.2 Å². The number of nitrogens with one attached hydrogen (secondary N) is 1. The summed E-state index contributed by atoms with van der Waals surface area (Å²) in [5, 5.41) is 3.66. The van der Waals surface area contributed by atoms with Crippen molar-refractivity contribution in [3.63, 3.8) is 0 Å². The topological polar surface area (TPSA) is 30.5 Å². The van der Waals surface area contributed by atoms with Crippen LogP contribution in [-0.2, 0) is 5.54 Å². The summed E-state index contributed by atoms with van der Waals surface area (Å²) in [5.41, 5.74) is 1.09. The highest BCUT2D eigenvalue weighted by Crippen LogP contribution is 2.41. The van der Waals surface area contributed by atoms with Crippen molar-refractivity contribution in [1.29, 1.82) is 0 Å². The fraction of sp³-hybridized carbons (Fsp3) is 0.600. The summed E-state index contributed by atoms with van der Waals surface area (Å²) < 4.78 is 11.1. The predicted octanol–water partition coefficient (Wildman–Crippen LogP) is 3.08. The van der Waals surface area contributed by atoms with E-state index in [1.54, 1.807) is 14.2 Å². The average Bonchev–Trinajstić information content (AvgIpc) is 2.63. The van der Waals surface area contributed by atoms with Gasteiger partial charge in [0.2, 0.25) is 0 Å². The van der Waals surface area contributed by atoms with Crippen molar-refractivity contribution in [2.75, 3.05) is 20.8 Å². The summed E-state index contributed by atoms with van der Waals surface area (Å²) in [4.78, 5) is 0. The van der Waals surface area contributed by atoms with Gasteiger partial charge in [0.15, 0.2) is 0 Å². The number of benzene rings is 1. The Labute approximate surface area is 109 Å². The van der Waals surface area contributed by atoms with Crippen LogP contribution in [-0.4, -0.2) is 20.8 Å². The molecule has 1 aromatic rings. The first-order valence-electron chi connectivity index (χ1n) is 6.68. The fourth-order valence-electron chi connectivity index (χ4n) is 2.84. The number of methoxy groups -OCH3 is 2. The number of ether oxygens (including phenoxy) is 2. The van der Waals surface area contributed by atoms with Crippen LogP contribution < -0.4 is 14.8 Å². The van der Waals surface area contributed by atoms with Crippen LogP contribution in [0, 0.1) is 0 Å². The second kappa shape index (κ2) is 5.61. The van der Waals surface area contributed by atoms with Gasteiger partial charge in [0.1, 0.15) is 11.5 Å². The smallest absolute Gasteiger partial charge is 0.127 e. The fourth-order valence-corrected chi connectivity index (χ4v) is 2.84. The van der Waals surface area contributed by atoms with Crippen LogP contribution >= 0.6 is 0 Å². The Morgan fingerprint density at radius 2 is 1.72 bits per heavy atom. The molecule has 3 heteroatoms. The van der Waals surface area contributed by atoms with Crippen molar-refractivity contribution in [2.24, 2.45) is 0 Å². The van der Waals surface area contributed by atoms with Crippen molar-refractivity contribution in [1.82, 2.24) is 5.32 Å². The van der Waals surface area contributed by atoms with Gasteiger partial charge in [-0.05, 0) is 38.4 Å². The Morgan fingerprint density at radius 1 is 1.06 bits per heavy atom. The lowest BCUT2D eigenvalue weighted by Gasteiger charge is -2.32. The van der Waals surface area contributed by atoms with Crippen molar-refractivity contribution in [3.8, 4) is 11.5 Å².